The maximum Gasteiger partial charge on any atom is 0.416 e. The zero-order chi connectivity index (χ0) is 22.6. The minimum atomic E-state index is -4.42. The second-order valence-corrected chi connectivity index (χ2v) is 8.70. The summed E-state index contributed by atoms with van der Waals surface area (Å²) in [5, 5.41) is 0. The van der Waals surface area contributed by atoms with Crippen LogP contribution >= 0.6 is 0 Å². The zero-order valence-corrected chi connectivity index (χ0v) is 18.0. The number of rotatable bonds is 5. The summed E-state index contributed by atoms with van der Waals surface area (Å²) in [5.41, 5.74) is -1.87. The summed E-state index contributed by atoms with van der Waals surface area (Å²) in [6.45, 7) is 7.77. The van der Waals surface area contributed by atoms with E-state index in [4.69, 9.17) is 9.47 Å². The molecule has 0 N–H and O–H groups in total. The molecule has 0 radical (unpaired) electrons. The van der Waals surface area contributed by atoms with Crippen molar-refractivity contribution in [3.05, 3.63) is 35.4 Å². The average molecular weight is 429 g/mol. The number of hydrogen-bond acceptors (Lipinski definition) is 4. The molecule has 1 unspecified atom stereocenters. The molecule has 0 spiro atoms. The predicted molar refractivity (Wildman–Crippen MR) is 106 cm³/mol. The third kappa shape index (κ3) is 6.37. The van der Waals surface area contributed by atoms with Crippen LogP contribution in [-0.2, 0) is 26.9 Å². The minimum Gasteiger partial charge on any atom is -0.466 e. The third-order valence-corrected chi connectivity index (χ3v) is 5.08. The topological polar surface area (TPSA) is 55.8 Å². The van der Waals surface area contributed by atoms with Gasteiger partial charge in [0.15, 0.2) is 0 Å². The fourth-order valence-electron chi connectivity index (χ4n) is 3.66. The second kappa shape index (κ2) is 9.27. The highest BCUT2D eigenvalue weighted by molar-refractivity contribution is 5.79. The lowest BCUT2D eigenvalue weighted by molar-refractivity contribution is -0.159. The van der Waals surface area contributed by atoms with Crippen molar-refractivity contribution in [1.29, 1.82) is 0 Å². The number of piperidine rings is 1. The molecule has 1 aliphatic rings. The number of nitrogens with zero attached hydrogens (tertiary/aromatic N) is 1. The summed E-state index contributed by atoms with van der Waals surface area (Å²) < 4.78 is 49.7. The van der Waals surface area contributed by atoms with E-state index in [-0.39, 0.29) is 26.0 Å². The smallest absolute Gasteiger partial charge is 0.416 e. The summed E-state index contributed by atoms with van der Waals surface area (Å²) in [7, 11) is 0. The molecule has 1 aromatic rings. The van der Waals surface area contributed by atoms with Gasteiger partial charge in [0.2, 0.25) is 0 Å². The van der Waals surface area contributed by atoms with Crippen molar-refractivity contribution in [2.75, 3.05) is 19.7 Å². The fraction of sp³-hybridized carbons (Fsp3) is 0.636. The number of benzene rings is 1. The predicted octanol–water partition coefficient (Wildman–Crippen LogP) is 5.22. The molecule has 0 aliphatic carbocycles. The Bertz CT molecular complexity index is 757. The minimum absolute atomic E-state index is 0.125. The quantitative estimate of drug-likeness (QED) is 0.603. The number of halogens is 3. The number of alkyl halides is 3. The van der Waals surface area contributed by atoms with Gasteiger partial charge in [-0.25, -0.2) is 4.79 Å². The lowest BCUT2D eigenvalue weighted by Crippen LogP contribution is -2.51. The summed E-state index contributed by atoms with van der Waals surface area (Å²) >= 11 is 0. The summed E-state index contributed by atoms with van der Waals surface area (Å²) in [6.07, 6.45) is -3.29. The van der Waals surface area contributed by atoms with Gasteiger partial charge in [0, 0.05) is 13.1 Å². The maximum absolute atomic E-state index is 13.0. The van der Waals surface area contributed by atoms with Crippen LogP contribution < -0.4 is 0 Å². The van der Waals surface area contributed by atoms with E-state index in [0.29, 0.717) is 24.9 Å². The van der Waals surface area contributed by atoms with Crippen LogP contribution in [0.2, 0.25) is 0 Å². The Morgan fingerprint density at radius 1 is 1.20 bits per heavy atom. The maximum atomic E-state index is 13.0. The van der Waals surface area contributed by atoms with Gasteiger partial charge in [-0.1, -0.05) is 18.2 Å². The van der Waals surface area contributed by atoms with Gasteiger partial charge in [-0.15, -0.1) is 0 Å². The molecule has 0 saturated carbocycles. The molecule has 2 rings (SSSR count). The summed E-state index contributed by atoms with van der Waals surface area (Å²) in [4.78, 5) is 26.9. The number of carbonyl (C=O) groups excluding carboxylic acids is 2. The van der Waals surface area contributed by atoms with Gasteiger partial charge in [-0.2, -0.15) is 13.2 Å². The number of likely N-dealkylation sites (tertiary alicyclic amines) is 1. The monoisotopic (exact) mass is 429 g/mol. The number of aryl methyl sites for hydroxylation is 1. The molecular formula is C22H30F3NO4. The van der Waals surface area contributed by atoms with E-state index >= 15 is 0 Å². The molecule has 1 saturated heterocycles. The van der Waals surface area contributed by atoms with Crippen LogP contribution in [0.4, 0.5) is 18.0 Å². The van der Waals surface area contributed by atoms with E-state index in [1.54, 1.807) is 33.8 Å². The molecule has 0 bridgehead atoms. The van der Waals surface area contributed by atoms with Crippen molar-refractivity contribution in [2.45, 2.75) is 65.2 Å². The Morgan fingerprint density at radius 2 is 1.90 bits per heavy atom. The number of esters is 1. The molecule has 8 heteroatoms. The molecule has 1 fully saturated rings. The SMILES string of the molecule is CCOC(=O)C1(CCc2cccc(C(F)(F)F)c2)CCCN(C(=O)OC(C)(C)C)C1. The lowest BCUT2D eigenvalue weighted by atomic mass is 9.75. The Labute approximate surface area is 175 Å². The first kappa shape index (κ1) is 24.0. The van der Waals surface area contributed by atoms with Crippen LogP contribution in [0.25, 0.3) is 0 Å². The van der Waals surface area contributed by atoms with Crippen LogP contribution in [0.1, 0.15) is 58.1 Å². The first-order valence-electron chi connectivity index (χ1n) is 10.2. The molecule has 5 nitrogen and oxygen atoms in total. The van der Waals surface area contributed by atoms with Crippen molar-refractivity contribution in [1.82, 2.24) is 4.90 Å². The fourth-order valence-corrected chi connectivity index (χ4v) is 3.66. The Hall–Kier alpha value is -2.25. The average Bonchev–Trinajstić information content (AvgIpc) is 2.65. The van der Waals surface area contributed by atoms with Crippen LogP contribution in [0, 0.1) is 5.41 Å². The van der Waals surface area contributed by atoms with Crippen molar-refractivity contribution >= 4 is 12.1 Å². The van der Waals surface area contributed by atoms with E-state index in [0.717, 1.165) is 12.1 Å². The second-order valence-electron chi connectivity index (χ2n) is 8.70. The van der Waals surface area contributed by atoms with Crippen molar-refractivity contribution in [2.24, 2.45) is 5.41 Å². The Morgan fingerprint density at radius 3 is 2.50 bits per heavy atom. The third-order valence-electron chi connectivity index (χ3n) is 5.08. The summed E-state index contributed by atoms with van der Waals surface area (Å²) in [5.74, 6) is -0.426. The molecule has 1 heterocycles. The normalized spacial score (nSPS) is 20.0. The molecular weight excluding hydrogens is 399 g/mol. The summed E-state index contributed by atoms with van der Waals surface area (Å²) in [6, 6.07) is 5.11. The Balaban J connectivity index is 2.21. The van der Waals surface area contributed by atoms with Crippen LogP contribution in [-0.4, -0.2) is 42.3 Å². The molecule has 1 aliphatic heterocycles. The number of hydrogen-bond donors (Lipinski definition) is 0. The van der Waals surface area contributed by atoms with E-state index in [1.807, 2.05) is 0 Å². The highest BCUT2D eigenvalue weighted by Crippen LogP contribution is 2.37. The van der Waals surface area contributed by atoms with Gasteiger partial charge in [0.25, 0.3) is 0 Å². The van der Waals surface area contributed by atoms with Crippen LogP contribution in [0.3, 0.4) is 0 Å². The molecule has 1 aromatic carbocycles. The largest absolute Gasteiger partial charge is 0.466 e. The van der Waals surface area contributed by atoms with Gasteiger partial charge in [-0.3, -0.25) is 4.79 Å². The number of amides is 1. The van der Waals surface area contributed by atoms with E-state index < -0.39 is 34.8 Å². The molecule has 30 heavy (non-hydrogen) atoms. The van der Waals surface area contributed by atoms with E-state index in [2.05, 4.69) is 0 Å². The number of ether oxygens (including phenoxy) is 2. The molecule has 168 valence electrons. The van der Waals surface area contributed by atoms with Gasteiger partial charge in [0.1, 0.15) is 5.60 Å². The van der Waals surface area contributed by atoms with Gasteiger partial charge >= 0.3 is 18.2 Å². The van der Waals surface area contributed by atoms with Crippen LogP contribution in [0.5, 0.6) is 0 Å². The van der Waals surface area contributed by atoms with Crippen molar-refractivity contribution in [3.63, 3.8) is 0 Å². The zero-order valence-electron chi connectivity index (χ0n) is 18.0. The van der Waals surface area contributed by atoms with E-state index in [9.17, 15) is 22.8 Å². The van der Waals surface area contributed by atoms with Crippen molar-refractivity contribution < 1.29 is 32.2 Å². The molecule has 0 aromatic heterocycles. The Kier molecular flexibility index (Phi) is 7.42. The van der Waals surface area contributed by atoms with E-state index in [1.165, 1.54) is 11.0 Å². The van der Waals surface area contributed by atoms with Gasteiger partial charge in [0.05, 0.1) is 17.6 Å². The van der Waals surface area contributed by atoms with Crippen LogP contribution in [0.15, 0.2) is 24.3 Å². The highest BCUT2D eigenvalue weighted by atomic mass is 19.4. The van der Waals surface area contributed by atoms with Gasteiger partial charge in [-0.05, 0) is 65.0 Å². The first-order valence-corrected chi connectivity index (χ1v) is 10.2. The van der Waals surface area contributed by atoms with Gasteiger partial charge < -0.3 is 14.4 Å². The standard InChI is InChI=1S/C22H30F3NO4/c1-5-29-18(27)21(11-7-13-26(15-21)19(28)30-20(2,3)4)12-10-16-8-6-9-17(14-16)22(23,24)25/h6,8-9,14H,5,7,10-13,15H2,1-4H3. The molecule has 1 amide bonds. The van der Waals surface area contributed by atoms with Crippen molar-refractivity contribution in [3.8, 4) is 0 Å². The highest BCUT2D eigenvalue weighted by Gasteiger charge is 2.45. The molecule has 1 atom stereocenters. The first-order chi connectivity index (χ1) is 13.9. The lowest BCUT2D eigenvalue weighted by Gasteiger charge is -2.41. The number of carbonyl (C=O) groups is 2.